The molecule has 0 atom stereocenters. The van der Waals surface area contributed by atoms with Crippen LogP contribution in [0.4, 0.5) is 17.6 Å². The fourth-order valence-electron chi connectivity index (χ4n) is 4.64. The lowest BCUT2D eigenvalue weighted by atomic mass is 10.0. The standard InChI is InChI=1S/C27H23F4N7O2/c1-40-23-8-6-21(38-11-10-24(34-38)27(29,30)31)19(26(23)28)5-7-22(39)20-15-37(35-33-20)14-18-13-36-12-17(16-2-3-16)4-9-25(36)32-18/h4,6,8-13,15-16H,2-3,5,7,14H2,1H3. The van der Waals surface area contributed by atoms with Gasteiger partial charge in [0, 0.05) is 30.6 Å². The second-order valence-corrected chi connectivity index (χ2v) is 9.68. The summed E-state index contributed by atoms with van der Waals surface area (Å²) >= 11 is 0. The molecule has 0 saturated heterocycles. The highest BCUT2D eigenvalue weighted by molar-refractivity contribution is 5.94. The molecule has 206 valence electrons. The molecule has 4 heterocycles. The smallest absolute Gasteiger partial charge is 0.435 e. The van der Waals surface area contributed by atoms with Crippen LogP contribution in [0.2, 0.25) is 0 Å². The van der Waals surface area contributed by atoms with Crippen LogP contribution in [-0.4, -0.2) is 47.1 Å². The van der Waals surface area contributed by atoms with Gasteiger partial charge in [-0.3, -0.25) is 4.79 Å². The minimum atomic E-state index is -4.65. The molecule has 1 aromatic carbocycles. The topological polar surface area (TPSA) is 92.1 Å². The number of nitrogens with zero attached hydrogens (tertiary/aromatic N) is 7. The monoisotopic (exact) mass is 553 g/mol. The summed E-state index contributed by atoms with van der Waals surface area (Å²) in [4.78, 5) is 17.5. The molecule has 4 aromatic heterocycles. The SMILES string of the molecule is COc1ccc(-n2ccc(C(F)(F)F)n2)c(CCC(=O)c2cn(Cc3cn4cc(C5CC5)ccc4n3)nn2)c1F. The Morgan fingerprint density at radius 2 is 1.93 bits per heavy atom. The molecule has 40 heavy (non-hydrogen) atoms. The number of alkyl halides is 3. The molecule has 1 saturated carbocycles. The number of pyridine rings is 1. The molecular formula is C27H23F4N7O2. The highest BCUT2D eigenvalue weighted by Gasteiger charge is 2.34. The average molecular weight is 554 g/mol. The molecule has 0 amide bonds. The van der Waals surface area contributed by atoms with E-state index >= 15 is 4.39 Å². The first kappa shape index (κ1) is 25.7. The van der Waals surface area contributed by atoms with Crippen molar-refractivity contribution in [2.75, 3.05) is 7.11 Å². The van der Waals surface area contributed by atoms with Crippen molar-refractivity contribution >= 4 is 11.4 Å². The van der Waals surface area contributed by atoms with E-state index in [2.05, 4.69) is 32.7 Å². The Balaban J connectivity index is 1.17. The van der Waals surface area contributed by atoms with Crippen molar-refractivity contribution in [3.8, 4) is 11.4 Å². The van der Waals surface area contributed by atoms with E-state index in [1.807, 2.05) is 16.7 Å². The van der Waals surface area contributed by atoms with Crippen molar-refractivity contribution < 1.29 is 27.1 Å². The van der Waals surface area contributed by atoms with E-state index < -0.39 is 23.5 Å². The maximum absolute atomic E-state index is 15.2. The lowest BCUT2D eigenvalue weighted by Crippen LogP contribution is -2.10. The number of methoxy groups -OCH3 is 1. The van der Waals surface area contributed by atoms with Crippen LogP contribution >= 0.6 is 0 Å². The molecule has 0 N–H and O–H groups in total. The third-order valence-electron chi connectivity index (χ3n) is 6.85. The van der Waals surface area contributed by atoms with Crippen LogP contribution in [0.15, 0.2) is 55.1 Å². The van der Waals surface area contributed by atoms with Gasteiger partial charge in [-0.05, 0) is 55.0 Å². The van der Waals surface area contributed by atoms with Crippen LogP contribution in [-0.2, 0) is 19.1 Å². The zero-order chi connectivity index (χ0) is 28.0. The number of fused-ring (bicyclic) bond motifs is 1. The largest absolute Gasteiger partial charge is 0.494 e. The first-order valence-electron chi connectivity index (χ1n) is 12.6. The third-order valence-corrected chi connectivity index (χ3v) is 6.85. The number of benzene rings is 1. The van der Waals surface area contributed by atoms with Crippen LogP contribution in [0.5, 0.6) is 5.75 Å². The Morgan fingerprint density at radius 3 is 2.65 bits per heavy atom. The number of ether oxygens (including phenoxy) is 1. The molecule has 1 aliphatic rings. The normalized spacial score (nSPS) is 13.7. The van der Waals surface area contributed by atoms with Crippen LogP contribution < -0.4 is 4.74 Å². The average Bonchev–Trinajstić information content (AvgIpc) is 3.29. The minimum Gasteiger partial charge on any atom is -0.494 e. The minimum absolute atomic E-state index is 0.00724. The van der Waals surface area contributed by atoms with Gasteiger partial charge in [0.25, 0.3) is 0 Å². The van der Waals surface area contributed by atoms with Gasteiger partial charge in [-0.25, -0.2) is 18.7 Å². The van der Waals surface area contributed by atoms with Gasteiger partial charge in [-0.15, -0.1) is 5.10 Å². The highest BCUT2D eigenvalue weighted by atomic mass is 19.4. The number of hydrogen-bond acceptors (Lipinski definition) is 6. The zero-order valence-corrected chi connectivity index (χ0v) is 21.3. The van der Waals surface area contributed by atoms with Crippen LogP contribution in [0, 0.1) is 5.82 Å². The molecule has 0 spiro atoms. The lowest BCUT2D eigenvalue weighted by Gasteiger charge is -2.13. The van der Waals surface area contributed by atoms with Crippen LogP contribution in [0.1, 0.15) is 58.2 Å². The molecule has 0 radical (unpaired) electrons. The maximum Gasteiger partial charge on any atom is 0.435 e. The van der Waals surface area contributed by atoms with Crippen molar-refractivity contribution in [3.63, 3.8) is 0 Å². The summed E-state index contributed by atoms with van der Waals surface area (Å²) in [5.74, 6) is -0.660. The lowest BCUT2D eigenvalue weighted by molar-refractivity contribution is -0.141. The van der Waals surface area contributed by atoms with Crippen molar-refractivity contribution in [2.45, 2.75) is 44.3 Å². The van der Waals surface area contributed by atoms with Crippen LogP contribution in [0.25, 0.3) is 11.3 Å². The summed E-state index contributed by atoms with van der Waals surface area (Å²) < 4.78 is 63.8. The molecule has 6 rings (SSSR count). The zero-order valence-electron chi connectivity index (χ0n) is 21.3. The molecule has 13 heteroatoms. The fourth-order valence-corrected chi connectivity index (χ4v) is 4.64. The number of imidazole rings is 1. The number of carbonyl (C=O) groups is 1. The van der Waals surface area contributed by atoms with Gasteiger partial charge in [0.1, 0.15) is 11.3 Å². The number of carbonyl (C=O) groups excluding carboxylic acids is 1. The summed E-state index contributed by atoms with van der Waals surface area (Å²) in [7, 11) is 1.27. The Kier molecular flexibility index (Phi) is 6.35. The number of hydrogen-bond donors (Lipinski definition) is 0. The predicted molar refractivity (Wildman–Crippen MR) is 134 cm³/mol. The summed E-state index contributed by atoms with van der Waals surface area (Å²) in [6.45, 7) is 0.302. The Morgan fingerprint density at radius 1 is 1.10 bits per heavy atom. The number of halogens is 4. The molecule has 1 fully saturated rings. The number of rotatable bonds is 9. The van der Waals surface area contributed by atoms with Crippen molar-refractivity contribution in [1.82, 2.24) is 34.2 Å². The quantitative estimate of drug-likeness (QED) is 0.188. The van der Waals surface area contributed by atoms with Gasteiger partial charge in [0.05, 0.1) is 31.2 Å². The maximum atomic E-state index is 15.2. The molecule has 9 nitrogen and oxygen atoms in total. The van der Waals surface area contributed by atoms with Crippen molar-refractivity contribution in [3.05, 3.63) is 89.1 Å². The van der Waals surface area contributed by atoms with Crippen molar-refractivity contribution in [1.29, 1.82) is 0 Å². The molecule has 1 aliphatic carbocycles. The summed E-state index contributed by atoms with van der Waals surface area (Å²) in [6.07, 6.45) is 4.05. The first-order chi connectivity index (χ1) is 19.2. The van der Waals surface area contributed by atoms with Crippen LogP contribution in [0.3, 0.4) is 0 Å². The highest BCUT2D eigenvalue weighted by Crippen LogP contribution is 2.40. The van der Waals surface area contributed by atoms with E-state index in [1.165, 1.54) is 48.5 Å². The second-order valence-electron chi connectivity index (χ2n) is 9.68. The molecule has 0 bridgehead atoms. The second kappa shape index (κ2) is 9.88. The van der Waals surface area contributed by atoms with E-state index in [9.17, 15) is 18.0 Å². The van der Waals surface area contributed by atoms with Gasteiger partial charge in [-0.1, -0.05) is 11.3 Å². The summed E-state index contributed by atoms with van der Waals surface area (Å²) in [6, 6.07) is 7.56. The van der Waals surface area contributed by atoms with Gasteiger partial charge >= 0.3 is 6.18 Å². The first-order valence-corrected chi connectivity index (χ1v) is 12.6. The number of ketones is 1. The van der Waals surface area contributed by atoms with E-state index in [4.69, 9.17) is 4.74 Å². The van der Waals surface area contributed by atoms with E-state index in [-0.39, 0.29) is 35.5 Å². The van der Waals surface area contributed by atoms with E-state index in [0.717, 1.165) is 28.3 Å². The third kappa shape index (κ3) is 5.06. The number of aromatic nitrogens is 7. The molecular weight excluding hydrogens is 530 g/mol. The van der Waals surface area contributed by atoms with Crippen molar-refractivity contribution in [2.24, 2.45) is 0 Å². The molecule has 0 aliphatic heterocycles. The van der Waals surface area contributed by atoms with E-state index in [1.54, 1.807) is 0 Å². The molecule has 5 aromatic rings. The predicted octanol–water partition coefficient (Wildman–Crippen LogP) is 5.02. The summed E-state index contributed by atoms with van der Waals surface area (Å²) in [5, 5.41) is 11.5. The van der Waals surface area contributed by atoms with E-state index in [0.29, 0.717) is 12.5 Å². The Hall–Kier alpha value is -4.55. The molecule has 0 unspecified atom stereocenters. The summed E-state index contributed by atoms with van der Waals surface area (Å²) in [5.41, 5.74) is 1.88. The fraction of sp³-hybridized carbons (Fsp3) is 0.296. The van der Waals surface area contributed by atoms with Gasteiger partial charge < -0.3 is 9.14 Å². The van der Waals surface area contributed by atoms with Gasteiger partial charge in [0.2, 0.25) is 0 Å². The van der Waals surface area contributed by atoms with Gasteiger partial charge in [0.15, 0.2) is 23.0 Å². The Bertz CT molecular complexity index is 1720. The van der Waals surface area contributed by atoms with Gasteiger partial charge in [-0.2, -0.15) is 18.3 Å². The Labute approximate surface area is 225 Å². The number of Topliss-reactive ketones (excluding diaryl/α,β-unsaturated/α-hetero) is 1.